The highest BCUT2D eigenvalue weighted by Crippen LogP contribution is 2.34. The molecule has 0 saturated carbocycles. The van der Waals surface area contributed by atoms with Gasteiger partial charge in [0.25, 0.3) is 0 Å². The smallest absolute Gasteiger partial charge is 0.161 e. The van der Waals surface area contributed by atoms with Crippen LogP contribution < -0.4 is 14.8 Å². The van der Waals surface area contributed by atoms with E-state index in [4.69, 9.17) is 21.1 Å². The molecule has 1 N–H and O–H groups in total. The van der Waals surface area contributed by atoms with Crippen LogP contribution in [0.5, 0.6) is 11.5 Å². The monoisotopic (exact) mass is 367 g/mol. The molecule has 1 unspecified atom stereocenters. The Morgan fingerprint density at radius 2 is 1.86 bits per heavy atom. The van der Waals surface area contributed by atoms with E-state index in [1.54, 1.807) is 0 Å². The molecule has 110 valence electrons. The summed E-state index contributed by atoms with van der Waals surface area (Å²) < 4.78 is 12.1. The van der Waals surface area contributed by atoms with Gasteiger partial charge in [0.05, 0.1) is 10.7 Å². The number of nitrogens with one attached hydrogen (secondary N) is 1. The average molecular weight is 369 g/mol. The highest BCUT2D eigenvalue weighted by molar-refractivity contribution is 9.10. The van der Waals surface area contributed by atoms with E-state index in [1.807, 2.05) is 36.4 Å². The molecule has 1 aliphatic rings. The SMILES string of the molecule is CC(Nc1ccc(Br)cc1Cl)c1ccc2c(c1)OCCO2. The topological polar surface area (TPSA) is 30.5 Å². The van der Waals surface area contributed by atoms with Crippen LogP contribution in [0.4, 0.5) is 5.69 Å². The Bertz CT molecular complexity index is 663. The van der Waals surface area contributed by atoms with Crippen LogP contribution in [0.3, 0.4) is 0 Å². The third kappa shape index (κ3) is 3.27. The zero-order valence-corrected chi connectivity index (χ0v) is 13.9. The van der Waals surface area contributed by atoms with Crippen LogP contribution in [-0.2, 0) is 0 Å². The van der Waals surface area contributed by atoms with Gasteiger partial charge < -0.3 is 14.8 Å². The first-order chi connectivity index (χ1) is 10.1. The van der Waals surface area contributed by atoms with Gasteiger partial charge in [0.15, 0.2) is 11.5 Å². The Kier molecular flexibility index (Phi) is 4.27. The molecule has 5 heteroatoms. The minimum absolute atomic E-state index is 0.111. The molecule has 0 aliphatic carbocycles. The Balaban J connectivity index is 1.80. The van der Waals surface area contributed by atoms with Crippen molar-refractivity contribution in [3.63, 3.8) is 0 Å². The van der Waals surface area contributed by atoms with Gasteiger partial charge in [-0.1, -0.05) is 33.6 Å². The highest BCUT2D eigenvalue weighted by Gasteiger charge is 2.15. The fourth-order valence-corrected chi connectivity index (χ4v) is 2.98. The Morgan fingerprint density at radius 1 is 1.10 bits per heavy atom. The van der Waals surface area contributed by atoms with Gasteiger partial charge in [0.2, 0.25) is 0 Å². The molecule has 1 aliphatic heterocycles. The highest BCUT2D eigenvalue weighted by atomic mass is 79.9. The normalized spacial score (nSPS) is 14.6. The summed E-state index contributed by atoms with van der Waals surface area (Å²) in [6, 6.07) is 11.9. The molecule has 1 atom stereocenters. The van der Waals surface area contributed by atoms with Crippen LogP contribution in [-0.4, -0.2) is 13.2 Å². The predicted octanol–water partition coefficient (Wildman–Crippen LogP) is 5.05. The molecule has 0 aromatic heterocycles. The van der Waals surface area contributed by atoms with E-state index >= 15 is 0 Å². The number of anilines is 1. The van der Waals surface area contributed by atoms with Crippen molar-refractivity contribution in [1.82, 2.24) is 0 Å². The van der Waals surface area contributed by atoms with E-state index in [-0.39, 0.29) is 6.04 Å². The zero-order chi connectivity index (χ0) is 14.8. The van der Waals surface area contributed by atoms with Crippen molar-refractivity contribution in [1.29, 1.82) is 0 Å². The summed E-state index contributed by atoms with van der Waals surface area (Å²) in [5, 5.41) is 4.10. The molecule has 0 fully saturated rings. The van der Waals surface area contributed by atoms with E-state index in [2.05, 4.69) is 28.2 Å². The Morgan fingerprint density at radius 3 is 2.62 bits per heavy atom. The molecular formula is C16H15BrClNO2. The lowest BCUT2D eigenvalue weighted by Gasteiger charge is -2.22. The molecule has 3 nitrogen and oxygen atoms in total. The van der Waals surface area contributed by atoms with Gasteiger partial charge in [-0.15, -0.1) is 0 Å². The van der Waals surface area contributed by atoms with Crippen LogP contribution >= 0.6 is 27.5 Å². The van der Waals surface area contributed by atoms with Gasteiger partial charge in [0, 0.05) is 10.5 Å². The Labute approximate surface area is 137 Å². The quantitative estimate of drug-likeness (QED) is 0.822. The summed E-state index contributed by atoms with van der Waals surface area (Å²) >= 11 is 9.65. The van der Waals surface area contributed by atoms with E-state index < -0.39 is 0 Å². The summed E-state index contributed by atoms with van der Waals surface area (Å²) in [5.41, 5.74) is 2.03. The van der Waals surface area contributed by atoms with Crippen molar-refractivity contribution in [3.8, 4) is 11.5 Å². The summed E-state index contributed by atoms with van der Waals surface area (Å²) in [5.74, 6) is 1.60. The molecule has 2 aromatic carbocycles. The molecule has 0 saturated heterocycles. The molecule has 0 bridgehead atoms. The van der Waals surface area contributed by atoms with Gasteiger partial charge in [-0.3, -0.25) is 0 Å². The maximum absolute atomic E-state index is 6.24. The van der Waals surface area contributed by atoms with Crippen LogP contribution in [0.15, 0.2) is 40.9 Å². The minimum Gasteiger partial charge on any atom is -0.486 e. The molecule has 2 aromatic rings. The lowest BCUT2D eigenvalue weighted by Crippen LogP contribution is -2.16. The second kappa shape index (κ2) is 6.16. The molecule has 3 rings (SSSR count). The van der Waals surface area contributed by atoms with E-state index in [9.17, 15) is 0 Å². The number of ether oxygens (including phenoxy) is 2. The molecule has 1 heterocycles. The number of benzene rings is 2. The second-order valence-corrected chi connectivity index (χ2v) is 6.22. The summed E-state index contributed by atoms with van der Waals surface area (Å²) in [6.07, 6.45) is 0. The van der Waals surface area contributed by atoms with Gasteiger partial charge >= 0.3 is 0 Å². The van der Waals surface area contributed by atoms with Crippen molar-refractivity contribution in [2.45, 2.75) is 13.0 Å². The fourth-order valence-electron chi connectivity index (χ4n) is 2.25. The van der Waals surface area contributed by atoms with Crippen molar-refractivity contribution in [3.05, 3.63) is 51.5 Å². The predicted molar refractivity (Wildman–Crippen MR) is 88.6 cm³/mol. The van der Waals surface area contributed by atoms with Crippen molar-refractivity contribution < 1.29 is 9.47 Å². The van der Waals surface area contributed by atoms with E-state index in [0.29, 0.717) is 18.2 Å². The first kappa shape index (κ1) is 14.5. The standard InChI is InChI=1S/C16H15BrClNO2/c1-10(19-14-4-3-12(17)9-13(14)18)11-2-5-15-16(8-11)21-7-6-20-15/h2-5,8-10,19H,6-7H2,1H3. The number of halogens is 2. The summed E-state index contributed by atoms with van der Waals surface area (Å²) in [4.78, 5) is 0. The Hall–Kier alpha value is -1.39. The lowest BCUT2D eigenvalue weighted by molar-refractivity contribution is 0.171. The van der Waals surface area contributed by atoms with E-state index in [1.165, 1.54) is 0 Å². The van der Waals surface area contributed by atoms with Crippen molar-refractivity contribution >= 4 is 33.2 Å². The van der Waals surface area contributed by atoms with Gasteiger partial charge in [0.1, 0.15) is 13.2 Å². The average Bonchev–Trinajstić information content (AvgIpc) is 2.49. The summed E-state index contributed by atoms with van der Waals surface area (Å²) in [6.45, 7) is 3.29. The number of rotatable bonds is 3. The van der Waals surface area contributed by atoms with E-state index in [0.717, 1.165) is 27.2 Å². The third-order valence-electron chi connectivity index (χ3n) is 3.37. The van der Waals surface area contributed by atoms with Crippen LogP contribution in [0.25, 0.3) is 0 Å². The maximum atomic E-state index is 6.24. The fraction of sp³-hybridized carbons (Fsp3) is 0.250. The van der Waals surface area contributed by atoms with Crippen LogP contribution in [0.1, 0.15) is 18.5 Å². The maximum Gasteiger partial charge on any atom is 0.161 e. The van der Waals surface area contributed by atoms with Gasteiger partial charge in [-0.2, -0.15) is 0 Å². The van der Waals surface area contributed by atoms with Crippen molar-refractivity contribution in [2.75, 3.05) is 18.5 Å². The molecular weight excluding hydrogens is 354 g/mol. The lowest BCUT2D eigenvalue weighted by atomic mass is 10.1. The molecule has 0 radical (unpaired) electrons. The molecule has 0 spiro atoms. The third-order valence-corrected chi connectivity index (χ3v) is 4.18. The second-order valence-electron chi connectivity index (χ2n) is 4.89. The summed E-state index contributed by atoms with van der Waals surface area (Å²) in [7, 11) is 0. The molecule has 21 heavy (non-hydrogen) atoms. The first-order valence-electron chi connectivity index (χ1n) is 6.74. The minimum atomic E-state index is 0.111. The molecule has 0 amide bonds. The first-order valence-corrected chi connectivity index (χ1v) is 7.92. The van der Waals surface area contributed by atoms with Crippen molar-refractivity contribution in [2.24, 2.45) is 0 Å². The number of hydrogen-bond donors (Lipinski definition) is 1. The number of hydrogen-bond acceptors (Lipinski definition) is 3. The van der Waals surface area contributed by atoms with Crippen LogP contribution in [0, 0.1) is 0 Å². The number of fused-ring (bicyclic) bond motifs is 1. The van der Waals surface area contributed by atoms with Gasteiger partial charge in [-0.05, 0) is 42.8 Å². The zero-order valence-electron chi connectivity index (χ0n) is 11.5. The largest absolute Gasteiger partial charge is 0.486 e. The van der Waals surface area contributed by atoms with Gasteiger partial charge in [-0.25, -0.2) is 0 Å². The van der Waals surface area contributed by atoms with Crippen LogP contribution in [0.2, 0.25) is 5.02 Å².